The summed E-state index contributed by atoms with van der Waals surface area (Å²) in [5.41, 5.74) is 0.475. The lowest BCUT2D eigenvalue weighted by Crippen LogP contribution is -2.33. The molecule has 0 aromatic carbocycles. The van der Waals surface area contributed by atoms with Gasteiger partial charge in [-0.05, 0) is 25.5 Å². The first-order valence-electron chi connectivity index (χ1n) is 6.02. The predicted octanol–water partition coefficient (Wildman–Crippen LogP) is 0.812. The summed E-state index contributed by atoms with van der Waals surface area (Å²) >= 11 is 0. The highest BCUT2D eigenvalue weighted by Gasteiger charge is 2.09. The molecule has 1 rings (SSSR count). The monoisotopic (exact) mass is 285 g/mol. The molecule has 7 heteroatoms. The molecule has 0 aliphatic carbocycles. The number of sulfone groups is 1. The molecule has 1 unspecified atom stereocenters. The van der Waals surface area contributed by atoms with Gasteiger partial charge in [0, 0.05) is 12.3 Å². The summed E-state index contributed by atoms with van der Waals surface area (Å²) in [5.74, 6) is -0.186. The summed E-state index contributed by atoms with van der Waals surface area (Å²) in [7, 11) is -3.31. The Morgan fingerprint density at radius 3 is 2.58 bits per heavy atom. The van der Waals surface area contributed by atoms with Crippen molar-refractivity contribution in [1.29, 1.82) is 0 Å². The Morgan fingerprint density at radius 1 is 1.42 bits per heavy atom. The van der Waals surface area contributed by atoms with Crippen molar-refractivity contribution in [3.05, 3.63) is 18.3 Å². The average molecular weight is 285 g/mol. The van der Waals surface area contributed by atoms with E-state index < -0.39 is 9.84 Å². The minimum Gasteiger partial charge on any atom is -0.324 e. The Balaban J connectivity index is 2.56. The Morgan fingerprint density at radius 2 is 2.11 bits per heavy atom. The summed E-state index contributed by atoms with van der Waals surface area (Å²) in [6, 6.07) is 3.16. The van der Waals surface area contributed by atoms with Crippen LogP contribution in [0.15, 0.2) is 23.4 Å². The maximum atomic E-state index is 11.6. The van der Waals surface area contributed by atoms with Gasteiger partial charge in [0.25, 0.3) is 0 Å². The summed E-state index contributed by atoms with van der Waals surface area (Å²) in [6.07, 6.45) is 3.36. The number of amides is 1. The number of pyridine rings is 1. The molecule has 0 saturated carbocycles. The first-order chi connectivity index (χ1) is 8.82. The van der Waals surface area contributed by atoms with Gasteiger partial charge in [0.1, 0.15) is 0 Å². The molecule has 106 valence electrons. The number of hydrogen-bond donors (Lipinski definition) is 2. The van der Waals surface area contributed by atoms with Crippen LogP contribution in [0.25, 0.3) is 0 Å². The molecular formula is C12H19N3O3S. The molecule has 1 atom stereocenters. The van der Waals surface area contributed by atoms with Crippen molar-refractivity contribution in [3.8, 4) is 0 Å². The van der Waals surface area contributed by atoms with E-state index in [9.17, 15) is 13.2 Å². The lowest BCUT2D eigenvalue weighted by atomic mass is 10.2. The second kappa shape index (κ2) is 6.63. The maximum Gasteiger partial charge on any atom is 0.238 e. The third-order valence-corrected chi connectivity index (χ3v) is 3.62. The summed E-state index contributed by atoms with van der Waals surface area (Å²) in [4.78, 5) is 15.4. The molecule has 1 heterocycles. The molecule has 6 nitrogen and oxygen atoms in total. The second-order valence-electron chi connectivity index (χ2n) is 4.40. The van der Waals surface area contributed by atoms with E-state index in [2.05, 4.69) is 15.6 Å². The smallest absolute Gasteiger partial charge is 0.238 e. The molecule has 0 fully saturated rings. The zero-order valence-electron chi connectivity index (χ0n) is 11.3. The van der Waals surface area contributed by atoms with Crippen LogP contribution in [0.2, 0.25) is 0 Å². The van der Waals surface area contributed by atoms with Crippen molar-refractivity contribution in [2.75, 3.05) is 18.1 Å². The van der Waals surface area contributed by atoms with Gasteiger partial charge in [-0.25, -0.2) is 13.4 Å². The van der Waals surface area contributed by atoms with Gasteiger partial charge in [0.05, 0.1) is 18.4 Å². The Kier molecular flexibility index (Phi) is 5.44. The Bertz CT molecular complexity index is 526. The number of nitrogens with zero attached hydrogens (tertiary/aromatic N) is 1. The number of anilines is 1. The van der Waals surface area contributed by atoms with Crippen LogP contribution in [0.5, 0.6) is 0 Å². The average Bonchev–Trinajstić information content (AvgIpc) is 2.35. The maximum absolute atomic E-state index is 11.6. The lowest BCUT2D eigenvalue weighted by Gasteiger charge is -2.11. The van der Waals surface area contributed by atoms with Gasteiger partial charge in [-0.15, -0.1) is 0 Å². The van der Waals surface area contributed by atoms with Gasteiger partial charge in [0.2, 0.25) is 5.91 Å². The molecule has 0 aliphatic heterocycles. The Labute approximate surface area is 113 Å². The van der Waals surface area contributed by atoms with Crippen LogP contribution in [0.4, 0.5) is 5.69 Å². The molecule has 19 heavy (non-hydrogen) atoms. The number of aromatic nitrogens is 1. The van der Waals surface area contributed by atoms with Crippen LogP contribution in [-0.4, -0.2) is 38.2 Å². The van der Waals surface area contributed by atoms with Gasteiger partial charge in [-0.1, -0.05) is 6.92 Å². The Hall–Kier alpha value is -1.47. The van der Waals surface area contributed by atoms with E-state index in [0.29, 0.717) is 5.69 Å². The van der Waals surface area contributed by atoms with E-state index in [0.717, 1.165) is 12.7 Å². The van der Waals surface area contributed by atoms with Crippen LogP contribution >= 0.6 is 0 Å². The van der Waals surface area contributed by atoms with Crippen molar-refractivity contribution in [3.63, 3.8) is 0 Å². The summed E-state index contributed by atoms with van der Waals surface area (Å²) < 4.78 is 22.4. The number of hydrogen-bond acceptors (Lipinski definition) is 5. The van der Waals surface area contributed by atoms with Crippen LogP contribution in [-0.2, 0) is 14.6 Å². The lowest BCUT2D eigenvalue weighted by molar-refractivity contribution is -0.115. The molecule has 0 saturated heterocycles. The van der Waals surface area contributed by atoms with E-state index in [4.69, 9.17) is 0 Å². The highest BCUT2D eigenvalue weighted by atomic mass is 32.2. The molecule has 1 amide bonds. The van der Waals surface area contributed by atoms with Crippen LogP contribution in [0.1, 0.15) is 20.3 Å². The highest BCUT2D eigenvalue weighted by Crippen LogP contribution is 2.09. The first kappa shape index (κ1) is 15.6. The number of carbonyl (C=O) groups excluding carboxylic acids is 1. The van der Waals surface area contributed by atoms with Gasteiger partial charge in [-0.3, -0.25) is 4.79 Å². The normalized spacial score (nSPS) is 13.0. The van der Waals surface area contributed by atoms with Gasteiger partial charge in [0.15, 0.2) is 14.9 Å². The second-order valence-corrected chi connectivity index (χ2v) is 6.36. The van der Waals surface area contributed by atoms with E-state index >= 15 is 0 Å². The van der Waals surface area contributed by atoms with Crippen LogP contribution in [0.3, 0.4) is 0 Å². The molecule has 1 aromatic rings. The standard InChI is InChI=1S/C12H19N3O3S/c1-4-9(2)13-8-11(16)15-10-5-6-12(14-7-10)19(3,17)18/h5-7,9,13H,4,8H2,1-3H3,(H,15,16). The molecule has 0 radical (unpaired) electrons. The van der Waals surface area contributed by atoms with E-state index in [1.165, 1.54) is 18.3 Å². The van der Waals surface area contributed by atoms with E-state index in [1.807, 2.05) is 13.8 Å². The zero-order chi connectivity index (χ0) is 14.5. The third-order valence-electron chi connectivity index (χ3n) is 2.62. The number of nitrogens with one attached hydrogen (secondary N) is 2. The van der Waals surface area contributed by atoms with E-state index in [-0.39, 0.29) is 23.5 Å². The van der Waals surface area contributed by atoms with Crippen LogP contribution < -0.4 is 10.6 Å². The zero-order valence-corrected chi connectivity index (χ0v) is 12.1. The summed E-state index contributed by atoms with van der Waals surface area (Å²) in [5, 5.41) is 5.69. The SMILES string of the molecule is CCC(C)NCC(=O)Nc1ccc(S(C)(=O)=O)nc1. The highest BCUT2D eigenvalue weighted by molar-refractivity contribution is 7.90. The van der Waals surface area contributed by atoms with Crippen molar-refractivity contribution >= 4 is 21.4 Å². The topological polar surface area (TPSA) is 88.2 Å². The largest absolute Gasteiger partial charge is 0.324 e. The molecular weight excluding hydrogens is 266 g/mol. The fourth-order valence-corrected chi connectivity index (χ4v) is 1.85. The van der Waals surface area contributed by atoms with Crippen molar-refractivity contribution in [2.24, 2.45) is 0 Å². The summed E-state index contributed by atoms with van der Waals surface area (Å²) in [6.45, 7) is 4.24. The fourth-order valence-electron chi connectivity index (χ4n) is 1.29. The van der Waals surface area contributed by atoms with Gasteiger partial charge < -0.3 is 10.6 Å². The van der Waals surface area contributed by atoms with E-state index in [1.54, 1.807) is 0 Å². The minimum absolute atomic E-state index is 0.0109. The number of rotatable bonds is 6. The first-order valence-corrected chi connectivity index (χ1v) is 7.91. The minimum atomic E-state index is -3.31. The number of carbonyl (C=O) groups is 1. The molecule has 0 bridgehead atoms. The third kappa shape index (κ3) is 5.35. The van der Waals surface area contributed by atoms with Crippen molar-refractivity contribution in [2.45, 2.75) is 31.3 Å². The van der Waals surface area contributed by atoms with Crippen LogP contribution in [0, 0.1) is 0 Å². The van der Waals surface area contributed by atoms with Crippen molar-refractivity contribution in [1.82, 2.24) is 10.3 Å². The molecule has 0 spiro atoms. The molecule has 0 aliphatic rings. The molecule has 2 N–H and O–H groups in total. The molecule has 1 aromatic heterocycles. The quantitative estimate of drug-likeness (QED) is 0.807. The predicted molar refractivity (Wildman–Crippen MR) is 73.7 cm³/mol. The van der Waals surface area contributed by atoms with Crippen molar-refractivity contribution < 1.29 is 13.2 Å². The van der Waals surface area contributed by atoms with Gasteiger partial charge in [-0.2, -0.15) is 0 Å². The fraction of sp³-hybridized carbons (Fsp3) is 0.500. The van der Waals surface area contributed by atoms with Gasteiger partial charge >= 0.3 is 0 Å².